The summed E-state index contributed by atoms with van der Waals surface area (Å²) in [5, 5.41) is 326. The van der Waals surface area contributed by atoms with Crippen molar-refractivity contribution >= 4 is 11.8 Å². The average molecular weight is 1740 g/mol. The number of carbonyl (C=O) groups is 2. The lowest BCUT2D eigenvalue weighted by Gasteiger charge is -2.51. The molecule has 0 radical (unpaired) electrons. The van der Waals surface area contributed by atoms with Crippen LogP contribution >= 0.6 is 0 Å². The molecule has 118 heavy (non-hydrogen) atoms. The molecule has 0 bridgehead atoms. The van der Waals surface area contributed by atoms with Crippen molar-refractivity contribution in [2.24, 2.45) is 5.90 Å². The van der Waals surface area contributed by atoms with Gasteiger partial charge in [-0.3, -0.25) is 14.4 Å². The Bertz CT molecular complexity index is 3070. The molecule has 10 heterocycles. The van der Waals surface area contributed by atoms with Crippen LogP contribution in [0.1, 0.15) is 13.8 Å². The van der Waals surface area contributed by atoms with Gasteiger partial charge in [0.2, 0.25) is 11.8 Å². The first-order valence-corrected chi connectivity index (χ1v) is 37.4. The number of carbonyl (C=O) groups excluding carboxylic acids is 2. The van der Waals surface area contributed by atoms with Crippen molar-refractivity contribution in [1.29, 1.82) is 0 Å². The number of nitrogens with one attached hydrogen (secondary N) is 2. The van der Waals surface area contributed by atoms with Crippen LogP contribution in [-0.4, -0.2) is 533 Å². The fourth-order valence-corrected chi connectivity index (χ4v) is 15.1. The summed E-state index contributed by atoms with van der Waals surface area (Å²) in [6.45, 7) is -9.23. The van der Waals surface area contributed by atoms with Crippen molar-refractivity contribution in [3.05, 3.63) is 0 Å². The summed E-state index contributed by atoms with van der Waals surface area (Å²) in [5.74, 6) is 3.86. The SMILES string of the molecule is CC(=O)N[C@H]1[C@H](O[C@H]2[C@H](O)[C@H](NC(C)=O)[C@H](O)O[C@@H]2CO)O[C@H](CO)[C@@H](O[C@@H]2O[C@H](CO[C@H]3O[C@H](CO[C@H]4O[C@H](CO)[C@@H](O)[C@H](O)[C@@H]4O[C@H]4O[C@H](CO)[C@@H](O)[C@H](O)[C@@H]4O)[C@@H](O)[C@H](O[C@H]4O[C@H](CO)[C@@H](O)[C@H](O)[C@@H]4O)[C@@H]3O)[C@@H](O)[C@H](O[C@H]3O[C@H](CO)[C@@H](O)[C@H](O)[C@@H]3O[C@H]3O[C@H](CO)[C@@H](O)[C@H](ON)[C@@H]3O[C@H]3O[C@H](CO)[C@@H](O)[C@H](O)[C@@H]3O)[C@@H]2O)[C@@H]1O. The molecule has 0 unspecified atom stereocenters. The molecule has 0 aromatic carbocycles. The van der Waals surface area contributed by atoms with Crippen molar-refractivity contribution in [1.82, 2.24) is 10.6 Å². The van der Waals surface area contributed by atoms with Crippen LogP contribution in [0, 0.1) is 0 Å². The zero-order chi connectivity index (χ0) is 86.6. The summed E-state index contributed by atoms with van der Waals surface area (Å²) in [6, 6.07) is -3.64. The van der Waals surface area contributed by atoms with Gasteiger partial charge in [-0.1, -0.05) is 0 Å². The highest BCUT2D eigenvalue weighted by atomic mass is 16.8. The first kappa shape index (κ1) is 97.1. The Morgan fingerprint density at radius 3 is 0.949 bits per heavy atom. The van der Waals surface area contributed by atoms with E-state index in [4.69, 9.17) is 101 Å². The van der Waals surface area contributed by atoms with E-state index in [2.05, 4.69) is 10.6 Å². The number of rotatable bonds is 31. The lowest BCUT2D eigenvalue weighted by Crippen LogP contribution is -2.70. The molecule has 10 saturated heterocycles. The molecule has 686 valence electrons. The van der Waals surface area contributed by atoms with Gasteiger partial charge in [-0.05, 0) is 0 Å². The Hall–Kier alpha value is -3.06. The first-order chi connectivity index (χ1) is 56.0. The van der Waals surface area contributed by atoms with Gasteiger partial charge in [0.05, 0.1) is 66.1 Å². The van der Waals surface area contributed by atoms with Crippen molar-refractivity contribution in [2.45, 2.75) is 321 Å². The standard InChI is InChI=1S/C64H109N3O51/c1-13(76)66-25-35(86)47(21(9-74)101-55(25)98)111-56-26(67-14(2)77)36(87)48(22(10-75)108-56)112-61-46(97)50(114-63-53(41(92)31(82)19(7-72)106-63)116-64-54(51(118-65)32(83)20(8-73)107-64)117-60-44(95)39(90)29(80)17(5-70)104-60)34(85)24(110-61)11-99-57-45(96)49(113-58-42(93)37(88)27(78)15(3-68)102-58)33(84)23(109-57)12-100-62-52(40(91)30(81)18(6-71)105-62)115-59-43(94)38(89)28(79)16(4-69)103-59/h15-64,68-75,78-98H,3-12,65H2,1-2H3,(H,66,76)(H,67,77)/t15-,16-,17-,18-,19-,20-,21-,22-,23-,24-,25+,26-,27-,28-,29-,30-,31-,32-,33-,34-,35-,36-,37+,38+,39+,40+,41+,42+,43+,44+,45+,46+,47-,48-,49+,50+,51+,52+,53+,54+,55-,56+,57+,58-,59-,60-,61+,62+,63-,64-/m1/s1. The van der Waals surface area contributed by atoms with Crippen molar-refractivity contribution in [3.63, 3.8) is 0 Å². The summed E-state index contributed by atoms with van der Waals surface area (Å²) in [4.78, 5) is 30.2. The molecule has 0 aromatic rings. The van der Waals surface area contributed by atoms with E-state index in [1.807, 2.05) is 0 Å². The maximum atomic E-state index is 13.0. The molecule has 50 atom stereocenters. The maximum absolute atomic E-state index is 13.0. The van der Waals surface area contributed by atoms with Crippen LogP contribution in [0.3, 0.4) is 0 Å². The van der Waals surface area contributed by atoms with Gasteiger partial charge in [0, 0.05) is 13.8 Å². The van der Waals surface area contributed by atoms with Crippen LogP contribution < -0.4 is 16.5 Å². The van der Waals surface area contributed by atoms with Gasteiger partial charge < -0.3 is 249 Å². The summed E-state index contributed by atoms with van der Waals surface area (Å²) in [5.41, 5.74) is 0. The zero-order valence-electron chi connectivity index (χ0n) is 62.5. The number of aliphatic hydroxyl groups excluding tert-OH is 29. The third-order valence-electron chi connectivity index (χ3n) is 21.8. The molecule has 54 heteroatoms. The molecule has 0 aromatic heterocycles. The van der Waals surface area contributed by atoms with Crippen LogP contribution in [0.2, 0.25) is 0 Å². The molecule has 2 amide bonds. The van der Waals surface area contributed by atoms with E-state index in [0.717, 1.165) is 13.8 Å². The monoisotopic (exact) mass is 1740 g/mol. The molecule has 10 aliphatic rings. The van der Waals surface area contributed by atoms with Gasteiger partial charge in [0.15, 0.2) is 62.9 Å². The second-order valence-electron chi connectivity index (χ2n) is 29.6. The summed E-state index contributed by atoms with van der Waals surface area (Å²) < 4.78 is 112. The fourth-order valence-electron chi connectivity index (χ4n) is 15.1. The maximum Gasteiger partial charge on any atom is 0.217 e. The van der Waals surface area contributed by atoms with Gasteiger partial charge in [0.1, 0.15) is 244 Å². The Morgan fingerprint density at radius 1 is 0.246 bits per heavy atom. The normalized spacial score (nSPS) is 51.1. The Labute approximate surface area is 666 Å². The Morgan fingerprint density at radius 2 is 0.517 bits per heavy atom. The second kappa shape index (κ2) is 42.5. The number of nitrogens with two attached hydrogens (primary N) is 1. The third-order valence-corrected chi connectivity index (χ3v) is 21.8. The first-order valence-electron chi connectivity index (χ1n) is 37.4. The minimum atomic E-state index is -2.63. The number of hydrogen-bond acceptors (Lipinski definition) is 52. The van der Waals surface area contributed by atoms with Crippen LogP contribution in [0.15, 0.2) is 0 Å². The van der Waals surface area contributed by atoms with E-state index in [9.17, 15) is 158 Å². The highest BCUT2D eigenvalue weighted by molar-refractivity contribution is 5.73. The van der Waals surface area contributed by atoms with E-state index in [0.29, 0.717) is 0 Å². The molecule has 0 aliphatic carbocycles. The quantitative estimate of drug-likeness (QED) is 0.0287. The molecule has 10 rings (SSSR count). The molecule has 0 saturated carbocycles. The van der Waals surface area contributed by atoms with E-state index >= 15 is 0 Å². The fraction of sp³-hybridized carbons (Fsp3) is 0.969. The van der Waals surface area contributed by atoms with Crippen molar-refractivity contribution < 1.29 is 253 Å². The minimum Gasteiger partial charge on any atom is -0.394 e. The highest BCUT2D eigenvalue weighted by Gasteiger charge is 2.62. The number of amides is 2. The van der Waals surface area contributed by atoms with E-state index in [-0.39, 0.29) is 0 Å². The summed E-state index contributed by atoms with van der Waals surface area (Å²) >= 11 is 0. The second-order valence-corrected chi connectivity index (χ2v) is 29.6. The van der Waals surface area contributed by atoms with E-state index in [1.54, 1.807) is 0 Å². The molecule has 10 aliphatic heterocycles. The van der Waals surface area contributed by atoms with Crippen LogP contribution in [0.5, 0.6) is 0 Å². The lowest BCUT2D eigenvalue weighted by atomic mass is 9.94. The van der Waals surface area contributed by atoms with E-state index in [1.165, 1.54) is 0 Å². The molecule has 10 fully saturated rings. The lowest BCUT2D eigenvalue weighted by molar-refractivity contribution is -0.409. The van der Waals surface area contributed by atoms with Crippen molar-refractivity contribution in [3.8, 4) is 0 Å². The number of aliphatic hydroxyl groups is 29. The predicted octanol–water partition coefficient (Wildman–Crippen LogP) is -22.6. The van der Waals surface area contributed by atoms with Gasteiger partial charge in [-0.2, -0.15) is 0 Å². The highest BCUT2D eigenvalue weighted by Crippen LogP contribution is 2.41. The number of ether oxygens (including phenoxy) is 19. The van der Waals surface area contributed by atoms with Crippen molar-refractivity contribution in [2.75, 3.05) is 66.1 Å². The van der Waals surface area contributed by atoms with Crippen LogP contribution in [0.4, 0.5) is 0 Å². The topological polar surface area (TPSA) is 855 Å². The summed E-state index contributed by atoms with van der Waals surface area (Å²) in [7, 11) is 0. The Kier molecular flexibility index (Phi) is 35.0. The molecule has 33 N–H and O–H groups in total. The molecule has 0 spiro atoms. The van der Waals surface area contributed by atoms with E-state index < -0.39 is 385 Å². The average Bonchev–Trinajstić information content (AvgIpc) is 0.762. The number of hydrogen-bond donors (Lipinski definition) is 32. The molecule has 54 nitrogen and oxygen atoms in total. The Balaban J connectivity index is 1.00. The third kappa shape index (κ3) is 20.8. The van der Waals surface area contributed by atoms with Crippen LogP contribution in [-0.2, 0) is 104 Å². The zero-order valence-corrected chi connectivity index (χ0v) is 62.5. The van der Waals surface area contributed by atoms with Gasteiger partial charge in [0.25, 0.3) is 0 Å². The van der Waals surface area contributed by atoms with Gasteiger partial charge in [-0.15, -0.1) is 0 Å². The molecular weight excluding hydrogens is 1630 g/mol. The van der Waals surface area contributed by atoms with Crippen LogP contribution in [0.25, 0.3) is 0 Å². The largest absolute Gasteiger partial charge is 0.394 e. The van der Waals surface area contributed by atoms with Gasteiger partial charge in [-0.25, -0.2) is 5.90 Å². The molecular formula is C64H109N3O51. The summed E-state index contributed by atoms with van der Waals surface area (Å²) in [6.07, 6.45) is -103. The predicted molar refractivity (Wildman–Crippen MR) is 356 cm³/mol. The smallest absolute Gasteiger partial charge is 0.217 e. The van der Waals surface area contributed by atoms with Gasteiger partial charge >= 0.3 is 0 Å². The minimum absolute atomic E-state index is 0.804.